The van der Waals surface area contributed by atoms with E-state index < -0.39 is 0 Å². The van der Waals surface area contributed by atoms with Crippen LogP contribution in [-0.4, -0.2) is 0 Å². The minimum absolute atomic E-state index is 0.134. The number of hydrogen-bond acceptors (Lipinski definition) is 0. The Kier molecular flexibility index (Phi) is 7.20. The van der Waals surface area contributed by atoms with Crippen LogP contribution in [0, 0.1) is 35.4 Å². The number of fused-ring (bicyclic) bond motifs is 2. The van der Waals surface area contributed by atoms with E-state index in [1.807, 2.05) is 6.07 Å². The molecule has 3 saturated carbocycles. The lowest BCUT2D eigenvalue weighted by Crippen LogP contribution is -2.34. The molecule has 3 fully saturated rings. The van der Waals surface area contributed by atoms with Crippen LogP contribution in [-0.2, 0) is 0 Å². The molecule has 32 heavy (non-hydrogen) atoms. The largest absolute Gasteiger partial charge is 0.207 e. The smallest absolute Gasteiger partial charge is 0.123 e. The lowest BCUT2D eigenvalue weighted by molar-refractivity contribution is 0.0614. The summed E-state index contributed by atoms with van der Waals surface area (Å²) in [5.41, 5.74) is 1.48. The summed E-state index contributed by atoms with van der Waals surface area (Å²) >= 11 is 0. The number of benzene rings is 2. The van der Waals surface area contributed by atoms with Gasteiger partial charge in [0.25, 0.3) is 0 Å². The monoisotopic (exact) mass is 434 g/mol. The Labute approximate surface area is 195 Å². The average Bonchev–Trinajstić information content (AvgIpc) is 2.83. The summed E-state index contributed by atoms with van der Waals surface area (Å²) in [5, 5.41) is 2.22. The van der Waals surface area contributed by atoms with Crippen LogP contribution in [0.15, 0.2) is 36.4 Å². The molecule has 0 spiro atoms. The summed E-state index contributed by atoms with van der Waals surface area (Å²) < 4.78 is 13.5. The molecule has 0 amide bonds. The molecule has 0 bridgehead atoms. The van der Waals surface area contributed by atoms with E-state index in [4.69, 9.17) is 0 Å². The van der Waals surface area contributed by atoms with Crippen molar-refractivity contribution < 1.29 is 4.39 Å². The summed E-state index contributed by atoms with van der Waals surface area (Å²) in [6.07, 6.45) is 20.5. The van der Waals surface area contributed by atoms with Crippen molar-refractivity contribution in [3.8, 4) is 0 Å². The van der Waals surface area contributed by atoms with Crippen LogP contribution in [0.2, 0.25) is 0 Å². The number of hydrogen-bond donors (Lipinski definition) is 0. The molecule has 0 aromatic heterocycles. The summed E-state index contributed by atoms with van der Waals surface area (Å²) in [4.78, 5) is 0. The molecule has 3 aliphatic carbocycles. The van der Waals surface area contributed by atoms with Crippen LogP contribution in [0.4, 0.5) is 4.39 Å². The van der Waals surface area contributed by atoms with E-state index in [0.29, 0.717) is 5.92 Å². The highest BCUT2D eigenvalue weighted by Gasteiger charge is 2.38. The maximum Gasteiger partial charge on any atom is 0.123 e. The normalized spacial score (nSPS) is 33.2. The minimum atomic E-state index is -0.134. The Morgan fingerprint density at radius 2 is 1.34 bits per heavy atom. The Balaban J connectivity index is 1.12. The first-order valence-corrected chi connectivity index (χ1v) is 13.9. The molecule has 5 rings (SSSR count). The van der Waals surface area contributed by atoms with Crippen molar-refractivity contribution in [2.75, 3.05) is 0 Å². The van der Waals surface area contributed by atoms with E-state index in [9.17, 15) is 4.39 Å². The van der Waals surface area contributed by atoms with E-state index >= 15 is 0 Å². The molecule has 0 N–H and O–H groups in total. The quantitative estimate of drug-likeness (QED) is 0.397. The molecule has 4 atom stereocenters. The van der Waals surface area contributed by atoms with Crippen LogP contribution < -0.4 is 0 Å². The zero-order valence-electron chi connectivity index (χ0n) is 20.2. The third kappa shape index (κ3) is 5.07. The Morgan fingerprint density at radius 1 is 0.688 bits per heavy atom. The van der Waals surface area contributed by atoms with Gasteiger partial charge < -0.3 is 0 Å². The van der Waals surface area contributed by atoms with Gasteiger partial charge in [-0.15, -0.1) is 0 Å². The summed E-state index contributed by atoms with van der Waals surface area (Å²) in [5.74, 6) is 5.71. The molecule has 3 aliphatic rings. The lowest BCUT2D eigenvalue weighted by Gasteiger charge is -2.45. The zero-order valence-corrected chi connectivity index (χ0v) is 20.2. The van der Waals surface area contributed by atoms with Gasteiger partial charge in [0, 0.05) is 0 Å². The van der Waals surface area contributed by atoms with Crippen molar-refractivity contribution in [3.63, 3.8) is 0 Å². The van der Waals surface area contributed by atoms with E-state index in [2.05, 4.69) is 25.1 Å². The Morgan fingerprint density at radius 3 is 2.16 bits per heavy atom. The second kappa shape index (κ2) is 10.3. The fourth-order valence-electron chi connectivity index (χ4n) is 7.81. The molecular weight excluding hydrogens is 391 g/mol. The minimum Gasteiger partial charge on any atom is -0.207 e. The molecule has 4 unspecified atom stereocenters. The van der Waals surface area contributed by atoms with Gasteiger partial charge >= 0.3 is 0 Å². The summed E-state index contributed by atoms with van der Waals surface area (Å²) in [6, 6.07) is 11.9. The van der Waals surface area contributed by atoms with Gasteiger partial charge in [-0.1, -0.05) is 63.3 Å². The maximum absolute atomic E-state index is 13.5. The standard InChI is InChI=1S/C31H43F/c1-2-3-4-5-22-6-7-28-19-26(13-12-25(28)18-22)23-8-10-24(11-9-23)27-14-15-30-21-31(32)17-16-29(30)20-27/h14-17,20-26,28H,2-13,18-19H2,1H3. The van der Waals surface area contributed by atoms with Gasteiger partial charge in [-0.05, 0) is 122 Å². The van der Waals surface area contributed by atoms with Crippen LogP contribution in [0.1, 0.15) is 108 Å². The molecular formula is C31H43F. The number of rotatable bonds is 6. The number of halogens is 1. The van der Waals surface area contributed by atoms with Gasteiger partial charge in [0.1, 0.15) is 5.82 Å². The molecule has 0 nitrogen and oxygen atoms in total. The highest BCUT2D eigenvalue weighted by molar-refractivity contribution is 5.83. The van der Waals surface area contributed by atoms with Gasteiger partial charge in [0.05, 0.1) is 0 Å². The second-order valence-corrected chi connectivity index (χ2v) is 11.6. The van der Waals surface area contributed by atoms with E-state index in [1.54, 1.807) is 25.0 Å². The topological polar surface area (TPSA) is 0 Å². The van der Waals surface area contributed by atoms with Crippen LogP contribution in [0.5, 0.6) is 0 Å². The molecule has 2 aromatic carbocycles. The summed E-state index contributed by atoms with van der Waals surface area (Å²) in [7, 11) is 0. The highest BCUT2D eigenvalue weighted by atomic mass is 19.1. The van der Waals surface area contributed by atoms with Gasteiger partial charge in [0.2, 0.25) is 0 Å². The third-order valence-electron chi connectivity index (χ3n) is 9.71. The summed E-state index contributed by atoms with van der Waals surface area (Å²) in [6.45, 7) is 2.33. The number of unbranched alkanes of at least 4 members (excludes halogenated alkanes) is 2. The fraction of sp³-hybridized carbons (Fsp3) is 0.677. The van der Waals surface area contributed by atoms with E-state index in [-0.39, 0.29) is 5.82 Å². The fourth-order valence-corrected chi connectivity index (χ4v) is 7.81. The first-order valence-electron chi connectivity index (χ1n) is 13.9. The third-order valence-corrected chi connectivity index (χ3v) is 9.71. The lowest BCUT2D eigenvalue weighted by atomic mass is 9.60. The molecule has 174 valence electrons. The van der Waals surface area contributed by atoms with Crippen molar-refractivity contribution in [2.24, 2.45) is 29.6 Å². The van der Waals surface area contributed by atoms with Crippen molar-refractivity contribution in [3.05, 3.63) is 47.8 Å². The first-order chi connectivity index (χ1) is 15.7. The highest BCUT2D eigenvalue weighted by Crippen LogP contribution is 2.50. The SMILES string of the molecule is CCCCCC1CCC2CC(C3CCC(c4ccc5cc(F)ccc5c4)CC3)CCC2C1. The molecule has 0 saturated heterocycles. The molecule has 1 heteroatoms. The van der Waals surface area contributed by atoms with Gasteiger partial charge in [-0.2, -0.15) is 0 Å². The van der Waals surface area contributed by atoms with E-state index in [1.165, 1.54) is 88.0 Å². The van der Waals surface area contributed by atoms with E-state index in [0.717, 1.165) is 35.0 Å². The average molecular weight is 435 g/mol. The van der Waals surface area contributed by atoms with Crippen LogP contribution in [0.3, 0.4) is 0 Å². The predicted molar refractivity (Wildman–Crippen MR) is 134 cm³/mol. The van der Waals surface area contributed by atoms with Crippen LogP contribution >= 0.6 is 0 Å². The van der Waals surface area contributed by atoms with Crippen molar-refractivity contribution in [1.82, 2.24) is 0 Å². The van der Waals surface area contributed by atoms with Gasteiger partial charge in [-0.3, -0.25) is 0 Å². The van der Waals surface area contributed by atoms with Gasteiger partial charge in [-0.25, -0.2) is 4.39 Å². The van der Waals surface area contributed by atoms with Crippen molar-refractivity contribution >= 4 is 10.8 Å². The maximum atomic E-state index is 13.5. The van der Waals surface area contributed by atoms with Gasteiger partial charge in [0.15, 0.2) is 0 Å². The molecule has 0 aliphatic heterocycles. The van der Waals surface area contributed by atoms with Crippen LogP contribution in [0.25, 0.3) is 10.8 Å². The van der Waals surface area contributed by atoms with Crippen molar-refractivity contribution in [1.29, 1.82) is 0 Å². The Hall–Kier alpha value is -1.37. The second-order valence-electron chi connectivity index (χ2n) is 11.6. The predicted octanol–water partition coefficient (Wildman–Crippen LogP) is 9.67. The molecule has 0 heterocycles. The van der Waals surface area contributed by atoms with Crippen molar-refractivity contribution in [2.45, 2.75) is 103 Å². The first kappa shape index (κ1) is 22.4. The molecule has 2 aromatic rings. The zero-order chi connectivity index (χ0) is 21.9. The Bertz CT molecular complexity index is 877. The molecule has 0 radical (unpaired) electrons.